The number of nitrogens with two attached hydrogens (primary N) is 1. The Kier molecular flexibility index (Phi) is 5.18. The van der Waals surface area contributed by atoms with E-state index in [-0.39, 0.29) is 11.7 Å². The molecule has 0 aliphatic heterocycles. The minimum absolute atomic E-state index is 0.194. The Hall–Kier alpha value is -1.61. The van der Waals surface area contributed by atoms with E-state index in [4.69, 9.17) is 5.73 Å². The molecule has 0 aliphatic rings. The second-order valence-corrected chi connectivity index (χ2v) is 6.32. The first-order valence-corrected chi connectivity index (χ1v) is 8.17. The maximum Gasteiger partial charge on any atom is 0.227 e. The number of hydrogen-bond donors (Lipinski definition) is 1. The SMILES string of the molecule is Cc1cc(C)nc(SCc2nnc(SCC(N)=O)n2C)n1. The van der Waals surface area contributed by atoms with Crippen LogP contribution in [-0.2, 0) is 17.6 Å². The van der Waals surface area contributed by atoms with Gasteiger partial charge in [0.25, 0.3) is 0 Å². The summed E-state index contributed by atoms with van der Waals surface area (Å²) in [5.74, 6) is 1.24. The van der Waals surface area contributed by atoms with E-state index in [9.17, 15) is 4.79 Å². The summed E-state index contributed by atoms with van der Waals surface area (Å²) in [6.45, 7) is 3.89. The molecule has 112 valence electrons. The van der Waals surface area contributed by atoms with Crippen molar-refractivity contribution in [3.8, 4) is 0 Å². The zero-order valence-electron chi connectivity index (χ0n) is 12.0. The first-order chi connectivity index (χ1) is 9.95. The second kappa shape index (κ2) is 6.90. The number of thioether (sulfide) groups is 2. The van der Waals surface area contributed by atoms with Gasteiger partial charge in [-0.3, -0.25) is 4.79 Å². The lowest BCUT2D eigenvalue weighted by molar-refractivity contribution is -0.115. The van der Waals surface area contributed by atoms with Gasteiger partial charge in [0, 0.05) is 18.4 Å². The third kappa shape index (κ3) is 4.43. The molecule has 0 fully saturated rings. The summed E-state index contributed by atoms with van der Waals surface area (Å²) in [5, 5.41) is 9.56. The Morgan fingerprint density at radius 2 is 1.90 bits per heavy atom. The predicted molar refractivity (Wildman–Crippen MR) is 82.0 cm³/mol. The van der Waals surface area contributed by atoms with Gasteiger partial charge in [-0.2, -0.15) is 0 Å². The van der Waals surface area contributed by atoms with E-state index in [0.717, 1.165) is 22.4 Å². The summed E-state index contributed by atoms with van der Waals surface area (Å²) in [4.78, 5) is 19.5. The molecule has 2 aromatic rings. The van der Waals surface area contributed by atoms with E-state index in [2.05, 4.69) is 20.2 Å². The van der Waals surface area contributed by atoms with Crippen LogP contribution < -0.4 is 5.73 Å². The van der Waals surface area contributed by atoms with E-state index < -0.39 is 0 Å². The monoisotopic (exact) mass is 324 g/mol. The third-order valence-electron chi connectivity index (χ3n) is 2.56. The number of aromatic nitrogens is 5. The van der Waals surface area contributed by atoms with Crippen LogP contribution in [0.1, 0.15) is 17.2 Å². The Bertz CT molecular complexity index is 637. The highest BCUT2D eigenvalue weighted by atomic mass is 32.2. The van der Waals surface area contributed by atoms with Crippen molar-refractivity contribution in [2.24, 2.45) is 12.8 Å². The minimum Gasteiger partial charge on any atom is -0.369 e. The fourth-order valence-electron chi connectivity index (χ4n) is 1.62. The van der Waals surface area contributed by atoms with Gasteiger partial charge in [0.1, 0.15) is 5.82 Å². The highest BCUT2D eigenvalue weighted by molar-refractivity contribution is 7.99. The molecule has 9 heteroatoms. The molecule has 0 spiro atoms. The van der Waals surface area contributed by atoms with Gasteiger partial charge < -0.3 is 10.3 Å². The largest absolute Gasteiger partial charge is 0.369 e. The Morgan fingerprint density at radius 3 is 2.52 bits per heavy atom. The second-order valence-electron chi connectivity index (χ2n) is 4.43. The van der Waals surface area contributed by atoms with Crippen LogP contribution in [0.3, 0.4) is 0 Å². The van der Waals surface area contributed by atoms with E-state index in [1.54, 1.807) is 0 Å². The van der Waals surface area contributed by atoms with Gasteiger partial charge in [-0.1, -0.05) is 23.5 Å². The third-order valence-corrected chi connectivity index (χ3v) is 4.45. The van der Waals surface area contributed by atoms with Crippen LogP contribution in [0.5, 0.6) is 0 Å². The summed E-state index contributed by atoms with van der Waals surface area (Å²) in [5.41, 5.74) is 7.01. The van der Waals surface area contributed by atoms with Crippen LogP contribution in [0.15, 0.2) is 16.4 Å². The zero-order valence-corrected chi connectivity index (χ0v) is 13.7. The molecular weight excluding hydrogens is 308 g/mol. The normalized spacial score (nSPS) is 10.8. The van der Waals surface area contributed by atoms with Crippen LogP contribution in [0.2, 0.25) is 0 Å². The Balaban J connectivity index is 2.01. The lowest BCUT2D eigenvalue weighted by atomic mass is 10.4. The predicted octanol–water partition coefficient (Wildman–Crippen LogP) is 1.09. The number of amides is 1. The number of nitrogens with zero attached hydrogens (tertiary/aromatic N) is 5. The van der Waals surface area contributed by atoms with Crippen LogP contribution in [0, 0.1) is 13.8 Å². The lowest BCUT2D eigenvalue weighted by Gasteiger charge is -2.04. The van der Waals surface area contributed by atoms with Crippen molar-refractivity contribution in [2.75, 3.05) is 5.75 Å². The Labute approximate surface area is 131 Å². The number of hydrogen-bond acceptors (Lipinski definition) is 7. The molecule has 2 heterocycles. The molecule has 7 nitrogen and oxygen atoms in total. The van der Waals surface area contributed by atoms with Crippen molar-refractivity contribution in [1.29, 1.82) is 0 Å². The average Bonchev–Trinajstić information content (AvgIpc) is 2.74. The minimum atomic E-state index is -0.373. The smallest absolute Gasteiger partial charge is 0.227 e. The van der Waals surface area contributed by atoms with Crippen molar-refractivity contribution in [1.82, 2.24) is 24.7 Å². The molecule has 0 saturated heterocycles. The van der Waals surface area contributed by atoms with Crippen LogP contribution >= 0.6 is 23.5 Å². The van der Waals surface area contributed by atoms with E-state index in [0.29, 0.717) is 10.9 Å². The molecular formula is C12H16N6OS2. The highest BCUT2D eigenvalue weighted by Crippen LogP contribution is 2.21. The van der Waals surface area contributed by atoms with Crippen LogP contribution in [-0.4, -0.2) is 36.4 Å². The van der Waals surface area contributed by atoms with Crippen molar-refractivity contribution in [2.45, 2.75) is 29.9 Å². The van der Waals surface area contributed by atoms with E-state index >= 15 is 0 Å². The van der Waals surface area contributed by atoms with Crippen molar-refractivity contribution < 1.29 is 4.79 Å². The summed E-state index contributed by atoms with van der Waals surface area (Å²) in [6, 6.07) is 1.94. The van der Waals surface area contributed by atoms with E-state index in [1.165, 1.54) is 23.5 Å². The molecule has 0 radical (unpaired) electrons. The molecule has 0 aliphatic carbocycles. The van der Waals surface area contributed by atoms with Crippen molar-refractivity contribution >= 4 is 29.4 Å². The Morgan fingerprint density at radius 1 is 1.24 bits per heavy atom. The summed E-state index contributed by atoms with van der Waals surface area (Å²) >= 11 is 2.78. The maximum atomic E-state index is 10.8. The molecule has 2 rings (SSSR count). The van der Waals surface area contributed by atoms with Crippen molar-refractivity contribution in [3.63, 3.8) is 0 Å². The molecule has 2 aromatic heterocycles. The molecule has 0 atom stereocenters. The number of carbonyl (C=O) groups is 1. The molecule has 0 bridgehead atoms. The van der Waals surface area contributed by atoms with Crippen molar-refractivity contribution in [3.05, 3.63) is 23.3 Å². The van der Waals surface area contributed by atoms with Crippen LogP contribution in [0.4, 0.5) is 0 Å². The van der Waals surface area contributed by atoms with Gasteiger partial charge in [-0.25, -0.2) is 9.97 Å². The molecule has 0 saturated carbocycles. The summed E-state index contributed by atoms with van der Waals surface area (Å²) in [7, 11) is 1.86. The number of carbonyl (C=O) groups excluding carboxylic acids is 1. The number of rotatable bonds is 6. The first kappa shape index (κ1) is 15.8. The fraction of sp³-hybridized carbons (Fsp3) is 0.417. The molecule has 0 aromatic carbocycles. The fourth-order valence-corrected chi connectivity index (χ4v) is 3.21. The zero-order chi connectivity index (χ0) is 15.4. The summed E-state index contributed by atoms with van der Waals surface area (Å²) < 4.78 is 1.85. The van der Waals surface area contributed by atoms with Gasteiger partial charge in [0.2, 0.25) is 5.91 Å². The van der Waals surface area contributed by atoms with Gasteiger partial charge in [-0.15, -0.1) is 10.2 Å². The van der Waals surface area contributed by atoms with Gasteiger partial charge in [0.05, 0.1) is 11.5 Å². The molecule has 21 heavy (non-hydrogen) atoms. The van der Waals surface area contributed by atoms with E-state index in [1.807, 2.05) is 31.5 Å². The number of primary amides is 1. The standard InChI is InChI=1S/C12H16N6OS2/c1-7-4-8(2)15-11(14-7)20-6-10-16-17-12(18(10)3)21-5-9(13)19/h4H,5-6H2,1-3H3,(H2,13,19). The highest BCUT2D eigenvalue weighted by Gasteiger charge is 2.11. The quantitative estimate of drug-likeness (QED) is 0.627. The topological polar surface area (TPSA) is 99.6 Å². The van der Waals surface area contributed by atoms with Crippen LogP contribution in [0.25, 0.3) is 0 Å². The van der Waals surface area contributed by atoms with Gasteiger partial charge in [-0.05, 0) is 19.9 Å². The van der Waals surface area contributed by atoms with Gasteiger partial charge >= 0.3 is 0 Å². The first-order valence-electron chi connectivity index (χ1n) is 6.20. The van der Waals surface area contributed by atoms with Gasteiger partial charge in [0.15, 0.2) is 10.3 Å². The lowest BCUT2D eigenvalue weighted by Crippen LogP contribution is -2.13. The molecule has 2 N–H and O–H groups in total. The molecule has 0 unspecified atom stereocenters. The number of aryl methyl sites for hydroxylation is 2. The summed E-state index contributed by atoms with van der Waals surface area (Å²) in [6.07, 6.45) is 0. The molecule has 1 amide bonds. The average molecular weight is 324 g/mol. The maximum absolute atomic E-state index is 10.8.